The van der Waals surface area contributed by atoms with Gasteiger partial charge in [0.1, 0.15) is 0 Å². The summed E-state index contributed by atoms with van der Waals surface area (Å²) in [4.78, 5) is 13.0. The van der Waals surface area contributed by atoms with Crippen molar-refractivity contribution in [1.29, 1.82) is 0 Å². The Morgan fingerprint density at radius 2 is 1.93 bits per heavy atom. The summed E-state index contributed by atoms with van der Waals surface area (Å²) in [7, 11) is -3.89. The maximum atomic E-state index is 12.9. The lowest BCUT2D eigenvalue weighted by atomic mass is 9.92. The summed E-state index contributed by atoms with van der Waals surface area (Å²) >= 11 is 0. The standard InChI is InChI=1S/C22H23NO4S/c1-15-5-2-3-8-21(15)28(25,26)23-22(24)20-10-9-19-17(6-4-7-18(19)20)16-11-13-27-14-12-16/h2-8,11,20H,9-10,12-14H2,1H3,(H,23,24). The molecule has 0 spiro atoms. The Morgan fingerprint density at radius 1 is 1.11 bits per heavy atom. The first-order valence-electron chi connectivity index (χ1n) is 9.48. The molecule has 0 bridgehead atoms. The van der Waals surface area contributed by atoms with E-state index in [0.717, 1.165) is 29.5 Å². The maximum Gasteiger partial charge on any atom is 0.264 e. The number of amides is 1. The first kappa shape index (κ1) is 18.9. The molecule has 1 amide bonds. The van der Waals surface area contributed by atoms with E-state index in [0.29, 0.717) is 25.2 Å². The Bertz CT molecular complexity index is 1060. The highest BCUT2D eigenvalue weighted by atomic mass is 32.2. The molecule has 6 heteroatoms. The van der Waals surface area contributed by atoms with Gasteiger partial charge < -0.3 is 4.74 Å². The number of sulfonamides is 1. The highest BCUT2D eigenvalue weighted by molar-refractivity contribution is 7.90. The zero-order chi connectivity index (χ0) is 19.7. The monoisotopic (exact) mass is 397 g/mol. The average molecular weight is 397 g/mol. The van der Waals surface area contributed by atoms with Gasteiger partial charge in [0.05, 0.1) is 24.0 Å². The first-order chi connectivity index (χ1) is 13.5. The number of benzene rings is 2. The van der Waals surface area contributed by atoms with E-state index >= 15 is 0 Å². The van der Waals surface area contributed by atoms with Crippen LogP contribution in [0.5, 0.6) is 0 Å². The number of hydrogen-bond acceptors (Lipinski definition) is 4. The second kappa shape index (κ2) is 7.53. The molecule has 1 aliphatic heterocycles. The number of nitrogens with one attached hydrogen (secondary N) is 1. The molecule has 1 unspecified atom stereocenters. The van der Waals surface area contributed by atoms with Crippen molar-refractivity contribution in [3.8, 4) is 0 Å². The van der Waals surface area contributed by atoms with Crippen molar-refractivity contribution in [1.82, 2.24) is 4.72 Å². The van der Waals surface area contributed by atoms with Crippen LogP contribution in [0.2, 0.25) is 0 Å². The van der Waals surface area contributed by atoms with Crippen molar-refractivity contribution in [2.24, 2.45) is 0 Å². The van der Waals surface area contributed by atoms with E-state index in [9.17, 15) is 13.2 Å². The van der Waals surface area contributed by atoms with Gasteiger partial charge in [0.2, 0.25) is 5.91 Å². The van der Waals surface area contributed by atoms with Crippen LogP contribution in [0.3, 0.4) is 0 Å². The van der Waals surface area contributed by atoms with Crippen LogP contribution in [0.1, 0.15) is 41.0 Å². The summed E-state index contributed by atoms with van der Waals surface area (Å²) in [5, 5.41) is 0. The van der Waals surface area contributed by atoms with Gasteiger partial charge in [-0.1, -0.05) is 42.5 Å². The molecule has 1 heterocycles. The SMILES string of the molecule is Cc1ccccc1S(=O)(=O)NC(=O)C1CCc2c(C3=CCOCC3)cccc21. The molecule has 0 radical (unpaired) electrons. The fraction of sp³-hybridized carbons (Fsp3) is 0.318. The smallest absolute Gasteiger partial charge is 0.264 e. The first-order valence-corrected chi connectivity index (χ1v) is 11.0. The second-order valence-corrected chi connectivity index (χ2v) is 8.90. The predicted molar refractivity (Wildman–Crippen MR) is 107 cm³/mol. The highest BCUT2D eigenvalue weighted by Crippen LogP contribution is 2.38. The van der Waals surface area contributed by atoms with E-state index in [-0.39, 0.29) is 4.90 Å². The Kier molecular flexibility index (Phi) is 5.08. The number of fused-ring (bicyclic) bond motifs is 1. The normalized spacial score (nSPS) is 19.0. The maximum absolute atomic E-state index is 12.9. The molecule has 1 aliphatic carbocycles. The summed E-state index contributed by atoms with van der Waals surface area (Å²) in [5.41, 5.74) is 5.12. The molecule has 2 aromatic carbocycles. The van der Waals surface area contributed by atoms with Crippen LogP contribution in [-0.2, 0) is 26.0 Å². The quantitative estimate of drug-likeness (QED) is 0.859. The molecular formula is C22H23NO4S. The van der Waals surface area contributed by atoms with E-state index in [1.807, 2.05) is 12.1 Å². The van der Waals surface area contributed by atoms with Crippen LogP contribution < -0.4 is 4.72 Å². The lowest BCUT2D eigenvalue weighted by Crippen LogP contribution is -2.34. The van der Waals surface area contributed by atoms with Crippen LogP contribution in [-0.4, -0.2) is 27.5 Å². The summed E-state index contributed by atoms with van der Waals surface area (Å²) in [6, 6.07) is 12.6. The van der Waals surface area contributed by atoms with Gasteiger partial charge in [-0.3, -0.25) is 4.79 Å². The van der Waals surface area contributed by atoms with Crippen LogP contribution in [0.25, 0.3) is 5.57 Å². The minimum atomic E-state index is -3.89. The summed E-state index contributed by atoms with van der Waals surface area (Å²) < 4.78 is 33.1. The molecule has 0 fully saturated rings. The van der Waals surface area contributed by atoms with Crippen molar-refractivity contribution in [2.45, 2.75) is 37.0 Å². The zero-order valence-corrected chi connectivity index (χ0v) is 16.6. The molecule has 0 aromatic heterocycles. The van der Waals surface area contributed by atoms with Crippen molar-refractivity contribution >= 4 is 21.5 Å². The van der Waals surface area contributed by atoms with Gasteiger partial charge in [0.15, 0.2) is 0 Å². The molecular weight excluding hydrogens is 374 g/mol. The van der Waals surface area contributed by atoms with E-state index in [1.165, 1.54) is 11.6 Å². The van der Waals surface area contributed by atoms with Crippen LogP contribution in [0.4, 0.5) is 0 Å². The fourth-order valence-electron chi connectivity index (χ4n) is 4.12. The summed E-state index contributed by atoms with van der Waals surface area (Å²) in [6.45, 7) is 3.03. The molecule has 2 aromatic rings. The van der Waals surface area contributed by atoms with Gasteiger partial charge in [-0.05, 0) is 60.1 Å². The van der Waals surface area contributed by atoms with Crippen molar-refractivity contribution in [3.05, 3.63) is 70.8 Å². The van der Waals surface area contributed by atoms with Gasteiger partial charge in [0.25, 0.3) is 10.0 Å². The number of hydrogen-bond donors (Lipinski definition) is 1. The summed E-state index contributed by atoms with van der Waals surface area (Å²) in [5.74, 6) is -0.908. The Labute approximate surface area is 165 Å². The minimum absolute atomic E-state index is 0.141. The average Bonchev–Trinajstić information content (AvgIpc) is 3.13. The number of ether oxygens (including phenoxy) is 1. The molecule has 5 nitrogen and oxygen atoms in total. The largest absolute Gasteiger partial charge is 0.377 e. The minimum Gasteiger partial charge on any atom is -0.377 e. The molecule has 0 saturated carbocycles. The van der Waals surface area contributed by atoms with Gasteiger partial charge in [0, 0.05) is 0 Å². The van der Waals surface area contributed by atoms with Crippen molar-refractivity contribution in [2.75, 3.05) is 13.2 Å². The topological polar surface area (TPSA) is 72.5 Å². The lowest BCUT2D eigenvalue weighted by Gasteiger charge is -2.18. The third kappa shape index (κ3) is 3.50. The van der Waals surface area contributed by atoms with Gasteiger partial charge >= 0.3 is 0 Å². The van der Waals surface area contributed by atoms with E-state index in [2.05, 4.69) is 16.9 Å². The van der Waals surface area contributed by atoms with Gasteiger partial charge in [-0.25, -0.2) is 13.1 Å². The third-order valence-corrected chi connectivity index (χ3v) is 7.02. The van der Waals surface area contributed by atoms with E-state index < -0.39 is 21.8 Å². The number of carbonyl (C=O) groups is 1. The van der Waals surface area contributed by atoms with Crippen molar-refractivity contribution < 1.29 is 17.9 Å². The Morgan fingerprint density at radius 3 is 2.68 bits per heavy atom. The van der Waals surface area contributed by atoms with Crippen LogP contribution >= 0.6 is 0 Å². The van der Waals surface area contributed by atoms with Crippen molar-refractivity contribution in [3.63, 3.8) is 0 Å². The molecule has 28 heavy (non-hydrogen) atoms. The molecule has 1 atom stereocenters. The third-order valence-electron chi connectivity index (χ3n) is 5.51. The second-order valence-electron chi connectivity index (χ2n) is 7.25. The summed E-state index contributed by atoms with van der Waals surface area (Å²) in [6.07, 6.45) is 4.33. The molecule has 4 rings (SSSR count). The van der Waals surface area contributed by atoms with Gasteiger partial charge in [-0.15, -0.1) is 0 Å². The highest BCUT2D eigenvalue weighted by Gasteiger charge is 2.33. The van der Waals surface area contributed by atoms with E-state index in [1.54, 1.807) is 25.1 Å². The van der Waals surface area contributed by atoms with Crippen LogP contribution in [0.15, 0.2) is 53.4 Å². The Hall–Kier alpha value is -2.44. The van der Waals surface area contributed by atoms with Gasteiger partial charge in [-0.2, -0.15) is 0 Å². The number of aryl methyl sites for hydroxylation is 1. The lowest BCUT2D eigenvalue weighted by molar-refractivity contribution is -0.120. The molecule has 0 saturated heterocycles. The fourth-order valence-corrected chi connectivity index (χ4v) is 5.38. The molecule has 1 N–H and O–H groups in total. The van der Waals surface area contributed by atoms with E-state index in [4.69, 9.17) is 4.74 Å². The molecule has 2 aliphatic rings. The Balaban J connectivity index is 1.60. The number of carbonyl (C=O) groups excluding carboxylic acids is 1. The molecule has 146 valence electrons. The zero-order valence-electron chi connectivity index (χ0n) is 15.8. The van der Waals surface area contributed by atoms with Crippen LogP contribution in [0, 0.1) is 6.92 Å². The number of rotatable bonds is 4. The predicted octanol–water partition coefficient (Wildman–Crippen LogP) is 3.33.